The van der Waals surface area contributed by atoms with Crippen LogP contribution in [0.15, 0.2) is 30.3 Å². The third kappa shape index (κ3) is 10.4. The number of benzene rings is 1. The minimum Gasteiger partial charge on any atom is -0.347 e. The normalized spacial score (nSPS) is 11.8. The number of amides is 3. The highest BCUT2D eigenvalue weighted by Gasteiger charge is 2.22. The summed E-state index contributed by atoms with van der Waals surface area (Å²) >= 11 is 0. The van der Waals surface area contributed by atoms with Crippen LogP contribution >= 0.6 is 0 Å². The summed E-state index contributed by atoms with van der Waals surface area (Å²) in [6.07, 6.45) is 0.275. The van der Waals surface area contributed by atoms with Crippen molar-refractivity contribution in [3.63, 3.8) is 0 Å². The molecule has 0 bridgehead atoms. The number of carbonyl (C=O) groups is 4. The first kappa shape index (κ1) is 24.3. The third-order valence-electron chi connectivity index (χ3n) is 4.13. The molecule has 1 atom stereocenters. The third-order valence-corrected chi connectivity index (χ3v) is 4.13. The van der Waals surface area contributed by atoms with E-state index in [4.69, 9.17) is 0 Å². The molecule has 1 rings (SSSR count). The molecule has 1 aromatic carbocycles. The summed E-state index contributed by atoms with van der Waals surface area (Å²) in [6, 6.07) is 8.56. The van der Waals surface area contributed by atoms with Crippen LogP contribution in [0.1, 0.15) is 33.3 Å². The molecule has 0 spiro atoms. The van der Waals surface area contributed by atoms with Gasteiger partial charge in [0.05, 0.1) is 19.6 Å². The maximum absolute atomic E-state index is 12.6. The van der Waals surface area contributed by atoms with Gasteiger partial charge in [-0.15, -0.1) is 0 Å². The van der Waals surface area contributed by atoms with Crippen molar-refractivity contribution in [2.24, 2.45) is 5.92 Å². The van der Waals surface area contributed by atoms with E-state index in [1.807, 2.05) is 44.2 Å². The maximum Gasteiger partial charge on any atom is 0.243 e. The Labute approximate surface area is 172 Å². The molecule has 29 heavy (non-hydrogen) atoms. The van der Waals surface area contributed by atoms with E-state index in [1.165, 1.54) is 0 Å². The van der Waals surface area contributed by atoms with Gasteiger partial charge in [-0.1, -0.05) is 58.0 Å². The molecule has 0 heterocycles. The SMILES string of the molecule is CC(C)NCC(=O)NCC(=O)NC(Cc1ccccc1)C(=O)NCC(=O)C(C)C. The predicted octanol–water partition coefficient (Wildman–Crippen LogP) is 0.169. The lowest BCUT2D eigenvalue weighted by Crippen LogP contribution is -2.52. The second kappa shape index (κ2) is 12.7. The highest BCUT2D eigenvalue weighted by Crippen LogP contribution is 2.04. The van der Waals surface area contributed by atoms with Gasteiger partial charge in [0.1, 0.15) is 6.04 Å². The van der Waals surface area contributed by atoms with Gasteiger partial charge < -0.3 is 21.3 Å². The zero-order chi connectivity index (χ0) is 21.8. The average Bonchev–Trinajstić information content (AvgIpc) is 2.68. The Bertz CT molecular complexity index is 689. The van der Waals surface area contributed by atoms with Gasteiger partial charge in [-0.05, 0) is 5.56 Å². The molecular formula is C21H32N4O4. The summed E-state index contributed by atoms with van der Waals surface area (Å²) in [5, 5.41) is 10.7. The van der Waals surface area contributed by atoms with Gasteiger partial charge in [-0.25, -0.2) is 0 Å². The maximum atomic E-state index is 12.6. The first-order chi connectivity index (χ1) is 13.7. The van der Waals surface area contributed by atoms with E-state index < -0.39 is 17.9 Å². The number of rotatable bonds is 12. The Hall–Kier alpha value is -2.74. The molecule has 8 heteroatoms. The lowest BCUT2D eigenvalue weighted by molar-refractivity contribution is -0.131. The van der Waals surface area contributed by atoms with Crippen LogP contribution in [0, 0.1) is 5.92 Å². The molecular weight excluding hydrogens is 372 g/mol. The van der Waals surface area contributed by atoms with Crippen molar-refractivity contribution in [3.05, 3.63) is 35.9 Å². The fourth-order valence-electron chi connectivity index (χ4n) is 2.34. The van der Waals surface area contributed by atoms with E-state index >= 15 is 0 Å². The van der Waals surface area contributed by atoms with Gasteiger partial charge in [0.25, 0.3) is 0 Å². The number of carbonyl (C=O) groups excluding carboxylic acids is 4. The van der Waals surface area contributed by atoms with Crippen molar-refractivity contribution in [3.8, 4) is 0 Å². The summed E-state index contributed by atoms with van der Waals surface area (Å²) in [5.74, 6) is -1.50. The summed E-state index contributed by atoms with van der Waals surface area (Å²) in [7, 11) is 0. The van der Waals surface area contributed by atoms with Gasteiger partial charge in [0.15, 0.2) is 5.78 Å². The Morgan fingerprint density at radius 2 is 1.48 bits per heavy atom. The molecule has 1 unspecified atom stereocenters. The highest BCUT2D eigenvalue weighted by molar-refractivity contribution is 5.93. The van der Waals surface area contributed by atoms with Crippen LogP contribution in [0.5, 0.6) is 0 Å². The van der Waals surface area contributed by atoms with Gasteiger partial charge in [-0.2, -0.15) is 0 Å². The molecule has 0 aliphatic rings. The van der Waals surface area contributed by atoms with E-state index in [2.05, 4.69) is 21.3 Å². The number of hydrogen-bond donors (Lipinski definition) is 4. The smallest absolute Gasteiger partial charge is 0.243 e. The first-order valence-electron chi connectivity index (χ1n) is 9.82. The Kier molecular flexibility index (Phi) is 10.6. The van der Waals surface area contributed by atoms with Crippen LogP contribution in [-0.2, 0) is 25.6 Å². The monoisotopic (exact) mass is 404 g/mol. The lowest BCUT2D eigenvalue weighted by atomic mass is 10.0. The number of hydrogen-bond acceptors (Lipinski definition) is 5. The van der Waals surface area contributed by atoms with Gasteiger partial charge >= 0.3 is 0 Å². The van der Waals surface area contributed by atoms with Gasteiger partial charge in [0, 0.05) is 18.4 Å². The standard InChI is InChI=1S/C21H32N4O4/c1-14(2)18(26)11-24-21(29)17(10-16-8-6-5-7-9-16)25-20(28)13-23-19(27)12-22-15(3)4/h5-9,14-15,17,22H,10-13H2,1-4H3,(H,23,27)(H,24,29)(H,25,28). The molecule has 0 saturated heterocycles. The van der Waals surface area contributed by atoms with Crippen molar-refractivity contribution in [1.82, 2.24) is 21.3 Å². The zero-order valence-corrected chi connectivity index (χ0v) is 17.6. The Morgan fingerprint density at radius 1 is 0.828 bits per heavy atom. The topological polar surface area (TPSA) is 116 Å². The minimum absolute atomic E-state index is 0.0880. The van der Waals surface area contributed by atoms with Crippen LogP contribution in [0.3, 0.4) is 0 Å². The molecule has 3 amide bonds. The van der Waals surface area contributed by atoms with Crippen molar-refractivity contribution < 1.29 is 19.2 Å². The minimum atomic E-state index is -0.851. The van der Waals surface area contributed by atoms with E-state index in [0.29, 0.717) is 0 Å². The molecule has 0 fully saturated rings. The molecule has 8 nitrogen and oxygen atoms in total. The van der Waals surface area contributed by atoms with E-state index in [-0.39, 0.29) is 49.7 Å². The summed E-state index contributed by atoms with van der Waals surface area (Å²) in [5.41, 5.74) is 0.869. The van der Waals surface area contributed by atoms with Crippen LogP contribution in [0.2, 0.25) is 0 Å². The second-order valence-corrected chi connectivity index (χ2v) is 7.46. The Morgan fingerprint density at radius 3 is 2.07 bits per heavy atom. The van der Waals surface area contributed by atoms with Crippen LogP contribution in [0.4, 0.5) is 0 Å². The molecule has 0 radical (unpaired) electrons. The summed E-state index contributed by atoms with van der Waals surface area (Å²) in [6.45, 7) is 7.13. The molecule has 1 aromatic rings. The molecule has 0 aliphatic heterocycles. The van der Waals surface area contributed by atoms with Crippen molar-refractivity contribution >= 4 is 23.5 Å². The van der Waals surface area contributed by atoms with Crippen molar-refractivity contribution in [1.29, 1.82) is 0 Å². The van der Waals surface area contributed by atoms with Crippen molar-refractivity contribution in [2.75, 3.05) is 19.6 Å². The molecule has 0 aromatic heterocycles. The van der Waals surface area contributed by atoms with Gasteiger partial charge in [-0.3, -0.25) is 19.2 Å². The van der Waals surface area contributed by atoms with Crippen molar-refractivity contribution in [2.45, 2.75) is 46.2 Å². The summed E-state index contributed by atoms with van der Waals surface area (Å²) < 4.78 is 0. The molecule has 160 valence electrons. The molecule has 0 saturated carbocycles. The number of Topliss-reactive ketones (excluding diaryl/α,β-unsaturated/α-hetero) is 1. The number of nitrogens with one attached hydrogen (secondary N) is 4. The predicted molar refractivity (Wildman–Crippen MR) is 111 cm³/mol. The quantitative estimate of drug-likeness (QED) is 0.396. The van der Waals surface area contributed by atoms with Gasteiger partial charge in [0.2, 0.25) is 17.7 Å². The highest BCUT2D eigenvalue weighted by atomic mass is 16.2. The van der Waals surface area contributed by atoms with Crippen LogP contribution < -0.4 is 21.3 Å². The fourth-order valence-corrected chi connectivity index (χ4v) is 2.34. The average molecular weight is 405 g/mol. The number of ketones is 1. The first-order valence-corrected chi connectivity index (χ1v) is 9.82. The molecule has 0 aliphatic carbocycles. The van der Waals surface area contributed by atoms with E-state index in [1.54, 1.807) is 13.8 Å². The van der Waals surface area contributed by atoms with Crippen LogP contribution in [0.25, 0.3) is 0 Å². The second-order valence-electron chi connectivity index (χ2n) is 7.46. The molecule has 4 N–H and O–H groups in total. The van der Waals surface area contributed by atoms with Crippen LogP contribution in [-0.4, -0.2) is 55.2 Å². The lowest BCUT2D eigenvalue weighted by Gasteiger charge is -2.19. The Balaban J connectivity index is 2.65. The summed E-state index contributed by atoms with van der Waals surface area (Å²) in [4.78, 5) is 48.3. The fraction of sp³-hybridized carbons (Fsp3) is 0.524. The zero-order valence-electron chi connectivity index (χ0n) is 17.6. The largest absolute Gasteiger partial charge is 0.347 e. The van der Waals surface area contributed by atoms with E-state index in [0.717, 1.165) is 5.56 Å². The van der Waals surface area contributed by atoms with E-state index in [9.17, 15) is 19.2 Å².